The van der Waals surface area contributed by atoms with Crippen molar-refractivity contribution >= 4 is 55.8 Å². The van der Waals surface area contributed by atoms with Gasteiger partial charge < -0.3 is 5.11 Å². The van der Waals surface area contributed by atoms with Crippen LogP contribution < -0.4 is 4.31 Å². The van der Waals surface area contributed by atoms with Crippen molar-refractivity contribution in [3.8, 4) is 0 Å². The van der Waals surface area contributed by atoms with E-state index in [1.807, 2.05) is 25.1 Å². The first-order valence-electron chi connectivity index (χ1n) is 13.2. The Hall–Kier alpha value is -3.21. The number of benzene rings is 3. The molecule has 11 heteroatoms. The number of aromatic carboxylic acids is 1. The third kappa shape index (κ3) is 6.66. The Morgan fingerprint density at radius 2 is 1.61 bits per heavy atom. The largest absolute Gasteiger partial charge is 0.477 e. The molecule has 0 atom stereocenters. The van der Waals surface area contributed by atoms with Gasteiger partial charge in [0, 0.05) is 56.2 Å². The number of pyridine rings is 1. The Morgan fingerprint density at radius 3 is 2.27 bits per heavy atom. The number of hydrogen-bond donors (Lipinski definition) is 1. The van der Waals surface area contributed by atoms with Crippen molar-refractivity contribution < 1.29 is 18.3 Å². The molecule has 5 rings (SSSR count). The summed E-state index contributed by atoms with van der Waals surface area (Å²) < 4.78 is 29.5. The average Bonchev–Trinajstić information content (AvgIpc) is 2.94. The van der Waals surface area contributed by atoms with Crippen LogP contribution in [0.15, 0.2) is 77.7 Å². The van der Waals surface area contributed by atoms with Crippen LogP contribution in [-0.4, -0.2) is 73.5 Å². The van der Waals surface area contributed by atoms with Crippen LogP contribution in [-0.2, 0) is 16.6 Å². The summed E-state index contributed by atoms with van der Waals surface area (Å²) in [4.78, 5) is 20.9. The molecule has 3 aromatic carbocycles. The average molecular weight is 614 g/mol. The molecule has 0 amide bonds. The van der Waals surface area contributed by atoms with E-state index in [2.05, 4.69) is 26.9 Å². The molecule has 1 N–H and O–H groups in total. The molecule has 214 valence electrons. The van der Waals surface area contributed by atoms with E-state index in [4.69, 9.17) is 23.2 Å². The van der Waals surface area contributed by atoms with Gasteiger partial charge in [-0.3, -0.25) is 14.1 Å². The van der Waals surface area contributed by atoms with E-state index >= 15 is 0 Å². The fourth-order valence-electron chi connectivity index (χ4n) is 5.02. The van der Waals surface area contributed by atoms with Gasteiger partial charge >= 0.3 is 5.97 Å². The lowest BCUT2D eigenvalue weighted by Gasteiger charge is -2.36. The Balaban J connectivity index is 1.47. The van der Waals surface area contributed by atoms with E-state index in [9.17, 15) is 18.3 Å². The molecular formula is C30H30Cl2N4O4S. The van der Waals surface area contributed by atoms with Gasteiger partial charge in [-0.1, -0.05) is 71.2 Å². The molecule has 4 aromatic rings. The Bertz CT molecular complexity index is 1660. The van der Waals surface area contributed by atoms with Crippen LogP contribution in [0.2, 0.25) is 10.0 Å². The first-order chi connectivity index (χ1) is 19.6. The number of carboxylic acid groups (broad SMARTS) is 1. The number of halogens is 2. The number of aryl methyl sites for hydroxylation is 1. The molecule has 0 bridgehead atoms. The van der Waals surface area contributed by atoms with E-state index in [0.717, 1.165) is 38.3 Å². The zero-order chi connectivity index (χ0) is 29.1. The van der Waals surface area contributed by atoms with Crippen molar-refractivity contribution in [1.29, 1.82) is 0 Å². The summed E-state index contributed by atoms with van der Waals surface area (Å²) in [6.45, 7) is 6.54. The summed E-state index contributed by atoms with van der Waals surface area (Å²) in [5.74, 6) is -1.29. The maximum atomic E-state index is 14.1. The number of anilines is 1. The summed E-state index contributed by atoms with van der Waals surface area (Å²) in [7, 11) is -4.10. The molecule has 0 radical (unpaired) electrons. The zero-order valence-corrected chi connectivity index (χ0v) is 24.8. The molecular weight excluding hydrogens is 583 g/mol. The van der Waals surface area contributed by atoms with Crippen LogP contribution in [0, 0.1) is 6.92 Å². The van der Waals surface area contributed by atoms with Crippen molar-refractivity contribution in [3.05, 3.63) is 99.7 Å². The Morgan fingerprint density at radius 1 is 0.951 bits per heavy atom. The second-order valence-electron chi connectivity index (χ2n) is 10.1. The Kier molecular flexibility index (Phi) is 8.82. The highest BCUT2D eigenvalue weighted by molar-refractivity contribution is 7.92. The van der Waals surface area contributed by atoms with Gasteiger partial charge in [-0.05, 0) is 42.8 Å². The zero-order valence-electron chi connectivity index (χ0n) is 22.5. The molecule has 8 nitrogen and oxygen atoms in total. The van der Waals surface area contributed by atoms with Crippen molar-refractivity contribution in [3.63, 3.8) is 0 Å². The molecule has 2 heterocycles. The number of carboxylic acids is 1. The number of aromatic nitrogens is 1. The lowest BCUT2D eigenvalue weighted by Crippen LogP contribution is -2.48. The van der Waals surface area contributed by atoms with Gasteiger partial charge in [0.1, 0.15) is 0 Å². The van der Waals surface area contributed by atoms with Crippen molar-refractivity contribution in [2.45, 2.75) is 18.4 Å². The maximum absolute atomic E-state index is 14.1. The second-order valence-corrected chi connectivity index (χ2v) is 12.8. The lowest BCUT2D eigenvalue weighted by atomic mass is 10.1. The normalized spacial score (nSPS) is 14.8. The van der Waals surface area contributed by atoms with Gasteiger partial charge in [0.25, 0.3) is 10.0 Å². The second kappa shape index (κ2) is 12.3. The molecule has 41 heavy (non-hydrogen) atoms. The van der Waals surface area contributed by atoms with Crippen LogP contribution >= 0.6 is 23.2 Å². The lowest BCUT2D eigenvalue weighted by molar-refractivity contribution is 0.0691. The topological polar surface area (TPSA) is 94.1 Å². The minimum absolute atomic E-state index is 0.0893. The predicted octanol–water partition coefficient (Wildman–Crippen LogP) is 5.56. The number of sulfonamides is 1. The highest BCUT2D eigenvalue weighted by Crippen LogP contribution is 2.37. The monoisotopic (exact) mass is 612 g/mol. The number of rotatable bonds is 9. The summed E-state index contributed by atoms with van der Waals surface area (Å²) in [5.41, 5.74) is 2.23. The molecule has 1 fully saturated rings. The van der Waals surface area contributed by atoms with Gasteiger partial charge in [0.05, 0.1) is 21.1 Å². The van der Waals surface area contributed by atoms with E-state index in [0.29, 0.717) is 11.9 Å². The molecule has 0 unspecified atom stereocenters. The molecule has 1 aliphatic rings. The number of carbonyl (C=O) groups is 1. The van der Waals surface area contributed by atoms with Crippen molar-refractivity contribution in [2.75, 3.05) is 43.6 Å². The SMILES string of the molecule is Cc1ccc(S(=O)(=O)N(CCN2CCN(Cc3ccccc3)CC2)c2cc(C(=O)O)nc3cc(Cl)cc(Cl)c23)cc1. The number of piperazine rings is 1. The first-order valence-corrected chi connectivity index (χ1v) is 15.4. The standard InChI is InChI=1S/C30H30Cl2N4O4S/c1-21-7-9-24(10-8-21)41(39,40)36(16-15-34-11-13-35(14-12-34)20-22-5-3-2-4-6-22)28-19-27(30(37)38)33-26-18-23(31)17-25(32)29(26)28/h2-10,17-19H,11-16,20H2,1H3,(H,37,38). The number of hydrogen-bond acceptors (Lipinski definition) is 6. The summed E-state index contributed by atoms with van der Waals surface area (Å²) >= 11 is 12.8. The van der Waals surface area contributed by atoms with Crippen LogP contribution in [0.5, 0.6) is 0 Å². The van der Waals surface area contributed by atoms with Gasteiger partial charge in [-0.25, -0.2) is 18.2 Å². The van der Waals surface area contributed by atoms with Crippen molar-refractivity contribution in [2.24, 2.45) is 0 Å². The van der Waals surface area contributed by atoms with E-state index in [1.165, 1.54) is 28.1 Å². The molecule has 1 saturated heterocycles. The minimum atomic E-state index is -4.10. The smallest absolute Gasteiger partial charge is 0.354 e. The third-order valence-electron chi connectivity index (χ3n) is 7.23. The Labute approximate surface area is 249 Å². The summed E-state index contributed by atoms with van der Waals surface area (Å²) in [6.07, 6.45) is 0. The highest BCUT2D eigenvalue weighted by Gasteiger charge is 2.30. The summed E-state index contributed by atoms with van der Waals surface area (Å²) in [6, 6.07) is 21.1. The minimum Gasteiger partial charge on any atom is -0.477 e. The van der Waals surface area contributed by atoms with Crippen LogP contribution in [0.4, 0.5) is 5.69 Å². The van der Waals surface area contributed by atoms with Gasteiger partial charge in [-0.15, -0.1) is 0 Å². The maximum Gasteiger partial charge on any atom is 0.354 e. The van der Waals surface area contributed by atoms with E-state index in [1.54, 1.807) is 24.3 Å². The third-order valence-corrected chi connectivity index (χ3v) is 9.58. The fraction of sp³-hybridized carbons (Fsp3) is 0.267. The van der Waals surface area contributed by atoms with Gasteiger partial charge in [-0.2, -0.15) is 0 Å². The molecule has 1 aromatic heterocycles. The van der Waals surface area contributed by atoms with Crippen molar-refractivity contribution in [1.82, 2.24) is 14.8 Å². The number of fused-ring (bicyclic) bond motifs is 1. The van der Waals surface area contributed by atoms with Crippen LogP contribution in [0.3, 0.4) is 0 Å². The summed E-state index contributed by atoms with van der Waals surface area (Å²) in [5, 5.41) is 10.6. The predicted molar refractivity (Wildman–Crippen MR) is 163 cm³/mol. The molecule has 0 saturated carbocycles. The van der Waals surface area contributed by atoms with Crippen LogP contribution in [0.1, 0.15) is 21.6 Å². The van der Waals surface area contributed by atoms with E-state index in [-0.39, 0.29) is 38.4 Å². The van der Waals surface area contributed by atoms with Crippen LogP contribution in [0.25, 0.3) is 10.9 Å². The molecule has 0 spiro atoms. The molecule has 1 aliphatic heterocycles. The fourth-order valence-corrected chi connectivity index (χ4v) is 7.06. The number of nitrogens with zero attached hydrogens (tertiary/aromatic N) is 4. The first kappa shape index (κ1) is 29.3. The van der Waals surface area contributed by atoms with E-state index < -0.39 is 16.0 Å². The quantitative estimate of drug-likeness (QED) is 0.264. The van der Waals surface area contributed by atoms with Gasteiger partial charge in [0.15, 0.2) is 5.69 Å². The highest BCUT2D eigenvalue weighted by atomic mass is 35.5. The molecule has 0 aliphatic carbocycles. The van der Waals surface area contributed by atoms with Gasteiger partial charge in [0.2, 0.25) is 0 Å².